The number of benzene rings is 12. The first-order valence-corrected chi connectivity index (χ1v) is 42.3. The van der Waals surface area contributed by atoms with Crippen molar-refractivity contribution in [2.75, 3.05) is 0 Å². The van der Waals surface area contributed by atoms with E-state index in [1.807, 2.05) is 274 Å². The fourth-order valence-electron chi connectivity index (χ4n) is 13.4. The molecule has 16 rings (SSSR count). The Bertz CT molecular complexity index is 6390. The molecule has 0 saturated carbocycles. The zero-order valence-electron chi connectivity index (χ0n) is 70.7. The van der Waals surface area contributed by atoms with Crippen molar-refractivity contribution in [2.45, 2.75) is 120 Å². The monoisotopic (exact) mass is 1750 g/mol. The molecule has 0 aliphatic heterocycles. The molecule has 660 valence electrons. The van der Waals surface area contributed by atoms with Crippen LogP contribution in [0.1, 0.15) is 153 Å². The number of halogens is 1. The highest BCUT2D eigenvalue weighted by Gasteiger charge is 2.20. The Kier molecular flexibility index (Phi) is 37.7. The van der Waals surface area contributed by atoms with E-state index in [0.29, 0.717) is 73.8 Å². The number of Topliss-reactive ketones (excluding diaryl/α,β-unsaturated/α-hetero) is 1. The number of carboxylic acids is 2. The molecule has 19 heteroatoms. The van der Waals surface area contributed by atoms with E-state index in [4.69, 9.17) is 45.1 Å². The smallest absolute Gasteiger partial charge is 0.344 e. The molecule has 2 unspecified atom stereocenters. The first-order valence-electron chi connectivity index (χ1n) is 41.9. The summed E-state index contributed by atoms with van der Waals surface area (Å²) >= 11 is 6.02. The van der Waals surface area contributed by atoms with E-state index in [9.17, 15) is 19.5 Å². The number of aromatic amines is 1. The molecule has 0 aliphatic rings. The van der Waals surface area contributed by atoms with E-state index in [-0.39, 0.29) is 34.5 Å². The summed E-state index contributed by atoms with van der Waals surface area (Å²) in [5, 5.41) is 36.4. The molecule has 0 fully saturated rings. The highest BCUT2D eigenvalue weighted by atomic mass is 35.5. The molecule has 12 aromatic carbocycles. The van der Waals surface area contributed by atoms with Gasteiger partial charge in [0.1, 0.15) is 60.9 Å². The maximum absolute atomic E-state index is 11.9. The van der Waals surface area contributed by atoms with Crippen LogP contribution >= 0.6 is 11.6 Å². The number of carbonyl (C=O) groups is 3. The second kappa shape index (κ2) is 50.7. The number of pyridine rings is 3. The average molecular weight is 1750 g/mol. The minimum atomic E-state index is -0.952. The number of ketones is 1. The second-order valence-corrected chi connectivity index (χ2v) is 30.2. The quantitative estimate of drug-likeness (QED) is 0.0318. The summed E-state index contributed by atoms with van der Waals surface area (Å²) in [6.45, 7) is 7.29. The SMILES string of the molecule is C.C.C.C(=C\c1ccccc1Cc1nn[nH]n1)/c1ccc(OCc2ccc3ccccc3n2)cc1.CCCC(Oc1ccccc1/C=C/c1ccc(COc2cnc3cc(Cl)ccc3c2)cc1)C(=O)O.CCCC(Oc1ccccc1/C=C\c1ccc(OCc2ccc3ccccc3n2)cc1)C(C)=O.O=C(O)Cc1cccc(OCc2ccc(/C=C/c3ccccc3)cc2)c1. The van der Waals surface area contributed by atoms with E-state index >= 15 is 0 Å². The Morgan fingerprint density at radius 1 is 0.400 bits per heavy atom. The number of fused-ring (bicyclic) bond motifs is 3. The van der Waals surface area contributed by atoms with E-state index in [1.165, 1.54) is 5.56 Å². The number of ether oxygens (including phenoxy) is 6. The Morgan fingerprint density at radius 2 is 0.854 bits per heavy atom. The summed E-state index contributed by atoms with van der Waals surface area (Å²) in [7, 11) is 0. The summed E-state index contributed by atoms with van der Waals surface area (Å²) < 4.78 is 35.4. The molecule has 130 heavy (non-hydrogen) atoms. The molecule has 4 heterocycles. The molecule has 16 aromatic rings. The first-order chi connectivity index (χ1) is 62.1. The number of H-pyrrole nitrogens is 1. The van der Waals surface area contributed by atoms with Gasteiger partial charge >= 0.3 is 11.9 Å². The lowest BCUT2D eigenvalue weighted by Gasteiger charge is -2.17. The van der Waals surface area contributed by atoms with Gasteiger partial charge in [-0.05, 0) is 166 Å². The number of aliphatic carboxylic acids is 2. The van der Waals surface area contributed by atoms with Crippen LogP contribution in [0.25, 0.3) is 81.3 Å². The third-order valence-electron chi connectivity index (χ3n) is 20.1. The minimum absolute atomic E-state index is 0. The van der Waals surface area contributed by atoms with Crippen LogP contribution in [-0.2, 0) is 53.7 Å². The Balaban J connectivity index is 0.000000180. The van der Waals surface area contributed by atoms with Gasteiger partial charge in [0, 0.05) is 38.7 Å². The van der Waals surface area contributed by atoms with Crippen molar-refractivity contribution < 1.29 is 53.0 Å². The molecule has 0 amide bonds. The molecule has 0 saturated heterocycles. The van der Waals surface area contributed by atoms with Gasteiger partial charge in [-0.15, -0.1) is 10.2 Å². The maximum atomic E-state index is 11.9. The highest BCUT2D eigenvalue weighted by molar-refractivity contribution is 6.31. The van der Waals surface area contributed by atoms with Crippen molar-refractivity contribution in [1.29, 1.82) is 0 Å². The topological polar surface area (TPSA) is 240 Å². The van der Waals surface area contributed by atoms with Crippen LogP contribution in [0, 0.1) is 0 Å². The minimum Gasteiger partial charge on any atom is -0.489 e. The predicted molar refractivity (Wildman–Crippen MR) is 527 cm³/mol. The number of nitrogens with one attached hydrogen (secondary N) is 1. The third kappa shape index (κ3) is 30.5. The molecule has 4 aromatic heterocycles. The maximum Gasteiger partial charge on any atom is 0.344 e. The van der Waals surface area contributed by atoms with Gasteiger partial charge in [0.2, 0.25) is 0 Å². The van der Waals surface area contributed by atoms with Gasteiger partial charge in [0.25, 0.3) is 0 Å². The molecule has 0 radical (unpaired) electrons. The van der Waals surface area contributed by atoms with E-state index in [2.05, 4.69) is 127 Å². The molecule has 3 N–H and O–H groups in total. The van der Waals surface area contributed by atoms with Crippen molar-refractivity contribution in [3.05, 3.63) is 417 Å². The summed E-state index contributed by atoms with van der Waals surface area (Å²) in [4.78, 5) is 47.9. The second-order valence-electron chi connectivity index (χ2n) is 29.8. The number of carboxylic acid groups (broad SMARTS) is 2. The fraction of sp³-hybridized carbons (Fsp3) is 0.162. The van der Waals surface area contributed by atoms with Gasteiger partial charge in [-0.25, -0.2) is 14.8 Å². The number of hydrogen-bond acceptors (Lipinski definition) is 15. The number of aromatic nitrogens is 7. The number of hydrogen-bond donors (Lipinski definition) is 3. The normalized spacial score (nSPS) is 11.3. The zero-order chi connectivity index (χ0) is 88.2. The van der Waals surface area contributed by atoms with Gasteiger partial charge in [-0.1, -0.05) is 345 Å². The standard InChI is InChI=1S/C30H29NO3.C29H26ClNO4.C26H21N5O.C23H20O3.3CH4/c1-3-8-29(22(2)32)34-30-12-7-5-10-25(30)16-13-23-14-19-27(20-15-23)33-21-26-18-17-24-9-4-6-11-28(24)31-26;1-2-5-28(29(32)33)35-27-7-4-3-6-22(27)13-12-20-8-10-21(11-9-20)19-34-25-16-23-14-15-24(30)17-26(23)31-18-25;1-2-7-22(17-26-28-30-31-29-26)20(5-1)12-9-19-10-15-24(16-11-19)32-18-23-14-13-21-6-3-4-8-25(21)27-23;24-23(25)16-21-7-4-8-22(15-21)26-17-20-13-11-19(12-14-20)10-9-18-5-2-1-3-6-18;;;/h4-7,9-20,29H,3,8,21H2,1-2H3;3-4,6-18,28H,2,5,19H2,1H3,(H,32,33);1-16H,17-18H2,(H,28,29,30,31);1-15H,16-17H2,(H,24,25);3*1H4/b16-13-;13-12+;12-9+;10-9+;;;. The molecule has 18 nitrogen and oxygen atoms in total. The van der Waals surface area contributed by atoms with Crippen LogP contribution in [0.2, 0.25) is 5.02 Å². The van der Waals surface area contributed by atoms with Crippen LogP contribution in [-0.4, -0.2) is 75.7 Å². The Morgan fingerprint density at radius 3 is 1.38 bits per heavy atom. The largest absolute Gasteiger partial charge is 0.489 e. The summed E-state index contributed by atoms with van der Waals surface area (Å²) in [6, 6.07) is 105. The van der Waals surface area contributed by atoms with Crippen LogP contribution in [0.5, 0.6) is 34.5 Å². The van der Waals surface area contributed by atoms with Crippen LogP contribution in [0.4, 0.5) is 0 Å². The van der Waals surface area contributed by atoms with Crippen molar-refractivity contribution in [2.24, 2.45) is 0 Å². The summed E-state index contributed by atoms with van der Waals surface area (Å²) in [5.41, 5.74) is 16.9. The van der Waals surface area contributed by atoms with Gasteiger partial charge in [-0.2, -0.15) is 5.21 Å². The predicted octanol–water partition coefficient (Wildman–Crippen LogP) is 26.4. The third-order valence-corrected chi connectivity index (χ3v) is 20.4. The molecule has 2 atom stereocenters. The lowest BCUT2D eigenvalue weighted by atomic mass is 10.0. The average Bonchev–Trinajstić information content (AvgIpc) is 0.883. The summed E-state index contributed by atoms with van der Waals surface area (Å²) in [6.07, 6.45) is 20.2. The molecular formula is C111H108ClN7O11. The zero-order valence-corrected chi connectivity index (χ0v) is 71.4. The van der Waals surface area contributed by atoms with Crippen LogP contribution in [0.3, 0.4) is 0 Å². The first kappa shape index (κ1) is 96.8. The number of tetrazole rings is 1. The van der Waals surface area contributed by atoms with E-state index in [1.54, 1.807) is 31.3 Å². The van der Waals surface area contributed by atoms with E-state index < -0.39 is 24.1 Å². The molecule has 0 aliphatic carbocycles. The Hall–Kier alpha value is -15.4. The van der Waals surface area contributed by atoms with Gasteiger partial charge < -0.3 is 38.6 Å². The van der Waals surface area contributed by atoms with Gasteiger partial charge in [0.05, 0.1) is 40.6 Å². The number of carbonyl (C=O) groups excluding carboxylic acids is 1. The van der Waals surface area contributed by atoms with E-state index in [0.717, 1.165) is 135 Å². The number of para-hydroxylation sites is 4. The number of nitrogens with zero attached hydrogens (tertiary/aromatic N) is 6. The lowest BCUT2D eigenvalue weighted by Crippen LogP contribution is -2.26. The highest BCUT2D eigenvalue weighted by Crippen LogP contribution is 2.30. The van der Waals surface area contributed by atoms with Crippen molar-refractivity contribution in [3.63, 3.8) is 0 Å². The van der Waals surface area contributed by atoms with Gasteiger partial charge in [-0.3, -0.25) is 14.6 Å². The molecule has 0 bridgehead atoms. The lowest BCUT2D eigenvalue weighted by molar-refractivity contribution is -0.145. The number of rotatable bonds is 34. The van der Waals surface area contributed by atoms with Crippen molar-refractivity contribution in [3.8, 4) is 34.5 Å². The molecular weight excluding hydrogens is 1640 g/mol. The summed E-state index contributed by atoms with van der Waals surface area (Å²) in [5.74, 6) is 3.18. The fourth-order valence-corrected chi connectivity index (χ4v) is 13.5. The molecule has 0 spiro atoms. The van der Waals surface area contributed by atoms with Crippen LogP contribution in [0.15, 0.2) is 328 Å². The van der Waals surface area contributed by atoms with Crippen LogP contribution < -0.4 is 28.4 Å². The van der Waals surface area contributed by atoms with Crippen molar-refractivity contribution >= 4 is 111 Å². The Labute approximate surface area is 766 Å². The van der Waals surface area contributed by atoms with Gasteiger partial charge in [0.15, 0.2) is 23.8 Å². The van der Waals surface area contributed by atoms with Crippen molar-refractivity contribution in [1.82, 2.24) is 35.6 Å².